The summed E-state index contributed by atoms with van der Waals surface area (Å²) in [6, 6.07) is 0.233. The van der Waals surface area contributed by atoms with Crippen LogP contribution in [0.25, 0.3) is 0 Å². The Labute approximate surface area is 117 Å². The molecule has 2 N–H and O–H groups in total. The first kappa shape index (κ1) is 14.9. The first-order valence-electron chi connectivity index (χ1n) is 6.31. The molecule has 1 aromatic heterocycles. The van der Waals surface area contributed by atoms with Gasteiger partial charge in [-0.2, -0.15) is 0 Å². The summed E-state index contributed by atoms with van der Waals surface area (Å²) in [4.78, 5) is 11.9. The highest BCUT2D eigenvalue weighted by molar-refractivity contribution is 7.92. The van der Waals surface area contributed by atoms with Gasteiger partial charge in [0.2, 0.25) is 0 Å². The second kappa shape index (κ2) is 5.13. The highest BCUT2D eigenvalue weighted by Gasteiger charge is 2.31. The van der Waals surface area contributed by atoms with Gasteiger partial charge in [-0.05, 0) is 13.8 Å². The Balaban J connectivity index is 1.97. The maximum Gasteiger partial charge on any atom is 0.273 e. The van der Waals surface area contributed by atoms with E-state index >= 15 is 0 Å². The van der Waals surface area contributed by atoms with Gasteiger partial charge in [-0.3, -0.25) is 4.79 Å². The summed E-state index contributed by atoms with van der Waals surface area (Å²) < 4.78 is 23.7. The lowest BCUT2D eigenvalue weighted by Crippen LogP contribution is -2.44. The van der Waals surface area contributed by atoms with Crippen LogP contribution in [0.3, 0.4) is 0 Å². The molecule has 8 nitrogen and oxygen atoms in total. The van der Waals surface area contributed by atoms with Crippen LogP contribution in [0.4, 0.5) is 0 Å². The lowest BCUT2D eigenvalue weighted by molar-refractivity contribution is 0.0945. The predicted molar refractivity (Wildman–Crippen MR) is 73.2 cm³/mol. The number of aromatic nitrogens is 3. The smallest absolute Gasteiger partial charge is 0.273 e. The minimum absolute atomic E-state index is 0.0303. The van der Waals surface area contributed by atoms with Gasteiger partial charge in [-0.1, -0.05) is 5.21 Å². The Kier molecular flexibility index (Phi) is 3.83. The first-order chi connectivity index (χ1) is 9.21. The molecule has 0 bridgehead atoms. The van der Waals surface area contributed by atoms with E-state index in [1.54, 1.807) is 24.7 Å². The molecular weight excluding hydrogens is 282 g/mol. The monoisotopic (exact) mass is 301 g/mol. The molecule has 2 rings (SSSR count). The zero-order valence-electron chi connectivity index (χ0n) is 11.8. The molecule has 20 heavy (non-hydrogen) atoms. The van der Waals surface area contributed by atoms with Crippen LogP contribution < -0.4 is 10.6 Å². The van der Waals surface area contributed by atoms with Crippen LogP contribution in [0.15, 0.2) is 6.20 Å². The molecular formula is C11H19N5O3S. The van der Waals surface area contributed by atoms with Gasteiger partial charge in [-0.15, -0.1) is 5.10 Å². The summed E-state index contributed by atoms with van der Waals surface area (Å²) in [5.74, 6) is -0.416. The van der Waals surface area contributed by atoms with E-state index in [9.17, 15) is 13.2 Å². The first-order valence-corrected chi connectivity index (χ1v) is 8.20. The van der Waals surface area contributed by atoms with Crippen molar-refractivity contribution in [3.63, 3.8) is 0 Å². The molecule has 0 aromatic carbocycles. The lowest BCUT2D eigenvalue weighted by atomic mass is 10.2. The van der Waals surface area contributed by atoms with E-state index in [1.807, 2.05) is 0 Å². The molecule has 1 aliphatic rings. The van der Waals surface area contributed by atoms with Crippen molar-refractivity contribution in [2.75, 3.05) is 25.9 Å². The zero-order chi connectivity index (χ0) is 15.0. The topological polar surface area (TPSA) is 106 Å². The van der Waals surface area contributed by atoms with E-state index in [4.69, 9.17) is 0 Å². The Bertz CT molecular complexity index is 603. The van der Waals surface area contributed by atoms with Crippen LogP contribution in [0.2, 0.25) is 0 Å². The molecule has 1 fully saturated rings. The summed E-state index contributed by atoms with van der Waals surface area (Å²) in [7, 11) is -3.25. The molecule has 112 valence electrons. The van der Waals surface area contributed by atoms with Gasteiger partial charge in [-0.25, -0.2) is 13.1 Å². The van der Waals surface area contributed by atoms with Gasteiger partial charge in [0.15, 0.2) is 15.5 Å². The summed E-state index contributed by atoms with van der Waals surface area (Å²) in [6.45, 7) is 4.79. The number of nitrogens with one attached hydrogen (secondary N) is 2. The third kappa shape index (κ3) is 2.98. The second-order valence-corrected chi connectivity index (χ2v) is 8.26. The van der Waals surface area contributed by atoms with Crippen LogP contribution >= 0.6 is 0 Å². The van der Waals surface area contributed by atoms with E-state index in [2.05, 4.69) is 20.9 Å². The number of sulfone groups is 1. The Hall–Kier alpha value is -1.48. The molecule has 0 aliphatic carbocycles. The van der Waals surface area contributed by atoms with E-state index in [0.29, 0.717) is 0 Å². The second-order valence-electron chi connectivity index (χ2n) is 5.61. The molecule has 0 atom stereocenters. The lowest BCUT2D eigenvalue weighted by Gasteiger charge is -2.26. The van der Waals surface area contributed by atoms with Crippen molar-refractivity contribution >= 4 is 15.7 Å². The normalized spacial score (nSPS) is 16.8. The fourth-order valence-corrected chi connectivity index (χ4v) is 1.87. The number of carbonyl (C=O) groups excluding carboxylic acids is 1. The average molecular weight is 301 g/mol. The molecule has 0 spiro atoms. The zero-order valence-corrected chi connectivity index (χ0v) is 12.6. The van der Waals surface area contributed by atoms with Crippen molar-refractivity contribution < 1.29 is 13.2 Å². The fraction of sp³-hybridized carbons (Fsp3) is 0.727. The molecule has 9 heteroatoms. The minimum atomic E-state index is -3.25. The maximum absolute atomic E-state index is 11.9. The maximum atomic E-state index is 11.9. The average Bonchev–Trinajstić information content (AvgIpc) is 2.71. The summed E-state index contributed by atoms with van der Waals surface area (Å²) in [6.07, 6.45) is 2.73. The highest BCUT2D eigenvalue weighted by Crippen LogP contribution is 2.14. The molecule has 2 heterocycles. The number of rotatable bonds is 5. The van der Waals surface area contributed by atoms with Crippen molar-refractivity contribution in [3.8, 4) is 0 Å². The van der Waals surface area contributed by atoms with E-state index < -0.39 is 20.5 Å². The largest absolute Gasteiger partial charge is 0.349 e. The van der Waals surface area contributed by atoms with Crippen molar-refractivity contribution in [2.24, 2.45) is 0 Å². The molecule has 0 radical (unpaired) electrons. The molecule has 1 aromatic rings. The van der Waals surface area contributed by atoms with Crippen LogP contribution in [-0.4, -0.2) is 60.0 Å². The Morgan fingerprint density at radius 3 is 2.70 bits per heavy atom. The Morgan fingerprint density at radius 1 is 1.55 bits per heavy atom. The number of nitrogens with zero attached hydrogens (tertiary/aromatic N) is 3. The van der Waals surface area contributed by atoms with Gasteiger partial charge in [0, 0.05) is 25.9 Å². The Morgan fingerprint density at radius 2 is 2.20 bits per heavy atom. The number of hydrogen-bond donors (Lipinski definition) is 2. The minimum Gasteiger partial charge on any atom is -0.349 e. The summed E-state index contributed by atoms with van der Waals surface area (Å²) in [5, 5.41) is 13.4. The van der Waals surface area contributed by atoms with Crippen LogP contribution in [0.1, 0.15) is 30.4 Å². The molecule has 1 saturated heterocycles. The van der Waals surface area contributed by atoms with E-state index in [-0.39, 0.29) is 18.3 Å². The van der Waals surface area contributed by atoms with Crippen molar-refractivity contribution in [1.29, 1.82) is 0 Å². The van der Waals surface area contributed by atoms with Gasteiger partial charge in [0.25, 0.3) is 5.91 Å². The van der Waals surface area contributed by atoms with Gasteiger partial charge >= 0.3 is 0 Å². The van der Waals surface area contributed by atoms with Crippen LogP contribution in [0.5, 0.6) is 0 Å². The quantitative estimate of drug-likeness (QED) is 0.721. The van der Waals surface area contributed by atoms with Gasteiger partial charge < -0.3 is 10.6 Å². The highest BCUT2D eigenvalue weighted by atomic mass is 32.2. The van der Waals surface area contributed by atoms with E-state index in [1.165, 1.54) is 0 Å². The fourth-order valence-electron chi connectivity index (χ4n) is 1.53. The number of amides is 1. The standard InChI is InChI=1S/C11H19N5O3S/c1-11(2,20(3,18)19)7-13-10(17)9-6-16(15-14-9)8-4-12-5-8/h6,8,12H,4-5,7H2,1-3H3,(H,13,17). The van der Waals surface area contributed by atoms with E-state index in [0.717, 1.165) is 19.3 Å². The van der Waals surface area contributed by atoms with Crippen molar-refractivity contribution in [2.45, 2.75) is 24.6 Å². The molecule has 0 unspecified atom stereocenters. The van der Waals surface area contributed by atoms with Crippen LogP contribution in [0, 0.1) is 0 Å². The number of hydrogen-bond acceptors (Lipinski definition) is 6. The summed E-state index contributed by atoms with van der Waals surface area (Å²) in [5.41, 5.74) is 0.196. The van der Waals surface area contributed by atoms with Gasteiger partial charge in [0.1, 0.15) is 0 Å². The predicted octanol–water partition coefficient (Wildman–Crippen LogP) is -1.02. The third-order valence-electron chi connectivity index (χ3n) is 3.56. The van der Waals surface area contributed by atoms with Crippen molar-refractivity contribution in [3.05, 3.63) is 11.9 Å². The SMILES string of the molecule is CC(C)(CNC(=O)c1cn(C2CNC2)nn1)S(C)(=O)=O. The number of carbonyl (C=O) groups is 1. The third-order valence-corrected chi connectivity index (χ3v) is 5.71. The summed E-state index contributed by atoms with van der Waals surface area (Å²) >= 11 is 0. The molecule has 0 saturated carbocycles. The van der Waals surface area contributed by atoms with Crippen molar-refractivity contribution in [1.82, 2.24) is 25.6 Å². The molecule has 1 aliphatic heterocycles. The van der Waals surface area contributed by atoms with Crippen LogP contribution in [-0.2, 0) is 9.84 Å². The van der Waals surface area contributed by atoms with Gasteiger partial charge in [0.05, 0.1) is 17.0 Å². The molecule has 1 amide bonds.